The lowest BCUT2D eigenvalue weighted by molar-refractivity contribution is 0.0954. The van der Waals surface area contributed by atoms with Crippen molar-refractivity contribution < 1.29 is 13.2 Å². The zero-order valence-corrected chi connectivity index (χ0v) is 13.5. The minimum absolute atomic E-state index is 0.0218. The van der Waals surface area contributed by atoms with Gasteiger partial charge in [0, 0.05) is 25.8 Å². The summed E-state index contributed by atoms with van der Waals surface area (Å²) < 4.78 is 22.4. The Kier molecular flexibility index (Phi) is 5.36. The van der Waals surface area contributed by atoms with Crippen LogP contribution in [0.4, 0.5) is 5.82 Å². The van der Waals surface area contributed by atoms with Crippen LogP contribution in [0.5, 0.6) is 0 Å². The number of primary sulfonamides is 1. The summed E-state index contributed by atoms with van der Waals surface area (Å²) in [6.07, 6.45) is 5.02. The summed E-state index contributed by atoms with van der Waals surface area (Å²) in [5.41, 5.74) is 0.464. The minimum atomic E-state index is -3.65. The van der Waals surface area contributed by atoms with Crippen molar-refractivity contribution in [3.8, 4) is 0 Å². The Morgan fingerprint density at radius 1 is 1.41 bits per heavy atom. The number of pyridine rings is 1. The molecule has 1 amide bonds. The van der Waals surface area contributed by atoms with Crippen molar-refractivity contribution >= 4 is 21.7 Å². The number of rotatable bonds is 5. The molecule has 1 aromatic heterocycles. The highest BCUT2D eigenvalue weighted by Crippen LogP contribution is 2.21. The van der Waals surface area contributed by atoms with Crippen molar-refractivity contribution in [3.05, 3.63) is 23.9 Å². The first-order chi connectivity index (χ1) is 10.4. The lowest BCUT2D eigenvalue weighted by atomic mass is 10.1. The number of carbonyl (C=O) groups excluding carboxylic acids is 1. The van der Waals surface area contributed by atoms with Crippen molar-refractivity contribution in [1.82, 2.24) is 10.3 Å². The standard InChI is InChI=1S/C14H22N4O3S/c1-11(22(15,20)21)10-17-14(19)12-6-5-7-16-13(12)18-8-3-2-4-9-18/h5-7,11H,2-4,8-10H2,1H3,(H,17,19)(H2,15,20,21). The predicted molar refractivity (Wildman–Crippen MR) is 85.2 cm³/mol. The number of piperidine rings is 1. The summed E-state index contributed by atoms with van der Waals surface area (Å²) in [6, 6.07) is 3.40. The lowest BCUT2D eigenvalue weighted by Crippen LogP contribution is -2.39. The molecule has 1 aliphatic heterocycles. The van der Waals surface area contributed by atoms with Gasteiger partial charge in [-0.1, -0.05) is 0 Å². The van der Waals surface area contributed by atoms with E-state index in [-0.39, 0.29) is 12.5 Å². The Bertz CT molecular complexity index is 627. The van der Waals surface area contributed by atoms with Gasteiger partial charge in [0.2, 0.25) is 10.0 Å². The molecule has 2 heterocycles. The fourth-order valence-electron chi connectivity index (χ4n) is 2.38. The first-order valence-corrected chi connectivity index (χ1v) is 9.00. The van der Waals surface area contributed by atoms with Crippen molar-refractivity contribution in [2.24, 2.45) is 5.14 Å². The largest absolute Gasteiger partial charge is 0.356 e. The van der Waals surface area contributed by atoms with E-state index in [2.05, 4.69) is 15.2 Å². The number of nitrogens with two attached hydrogens (primary N) is 1. The summed E-state index contributed by atoms with van der Waals surface area (Å²) in [4.78, 5) is 18.7. The molecule has 3 N–H and O–H groups in total. The van der Waals surface area contributed by atoms with Gasteiger partial charge in [-0.2, -0.15) is 0 Å². The molecule has 1 aliphatic rings. The zero-order chi connectivity index (χ0) is 16.2. The number of anilines is 1. The van der Waals surface area contributed by atoms with Gasteiger partial charge >= 0.3 is 0 Å². The number of nitrogens with zero attached hydrogens (tertiary/aromatic N) is 2. The summed E-state index contributed by atoms with van der Waals surface area (Å²) in [7, 11) is -3.65. The summed E-state index contributed by atoms with van der Waals surface area (Å²) in [5.74, 6) is 0.326. The fraction of sp³-hybridized carbons (Fsp3) is 0.571. The van der Waals surface area contributed by atoms with Crippen LogP contribution in [0.1, 0.15) is 36.5 Å². The van der Waals surface area contributed by atoms with Gasteiger partial charge in [-0.3, -0.25) is 4.79 Å². The van der Waals surface area contributed by atoms with Crippen molar-refractivity contribution in [2.75, 3.05) is 24.5 Å². The predicted octanol–water partition coefficient (Wildman–Crippen LogP) is 0.479. The summed E-state index contributed by atoms with van der Waals surface area (Å²) in [6.45, 7) is 3.20. The molecule has 7 nitrogen and oxygen atoms in total. The number of hydrogen-bond acceptors (Lipinski definition) is 5. The highest BCUT2D eigenvalue weighted by molar-refractivity contribution is 7.89. The first kappa shape index (κ1) is 16.7. The maximum Gasteiger partial charge on any atom is 0.255 e. The maximum absolute atomic E-state index is 12.3. The van der Waals surface area contributed by atoms with E-state index in [1.807, 2.05) is 0 Å². The third-order valence-electron chi connectivity index (χ3n) is 3.80. The molecule has 22 heavy (non-hydrogen) atoms. The van der Waals surface area contributed by atoms with Gasteiger partial charge in [-0.15, -0.1) is 0 Å². The minimum Gasteiger partial charge on any atom is -0.356 e. The van der Waals surface area contributed by atoms with E-state index in [4.69, 9.17) is 5.14 Å². The second-order valence-electron chi connectivity index (χ2n) is 5.53. The van der Waals surface area contributed by atoms with Gasteiger partial charge in [-0.05, 0) is 38.3 Å². The van der Waals surface area contributed by atoms with Crippen LogP contribution in [-0.4, -0.2) is 44.2 Å². The first-order valence-electron chi connectivity index (χ1n) is 7.39. The molecular formula is C14H22N4O3S. The molecule has 0 radical (unpaired) electrons. The van der Waals surface area contributed by atoms with Crippen LogP contribution >= 0.6 is 0 Å². The molecule has 0 saturated carbocycles. The van der Waals surface area contributed by atoms with E-state index in [0.29, 0.717) is 11.4 Å². The van der Waals surface area contributed by atoms with Gasteiger partial charge < -0.3 is 10.2 Å². The third-order valence-corrected chi connectivity index (χ3v) is 5.09. The van der Waals surface area contributed by atoms with E-state index < -0.39 is 15.3 Å². The fourth-order valence-corrected chi connectivity index (χ4v) is 2.70. The molecule has 0 bridgehead atoms. The van der Waals surface area contributed by atoms with Gasteiger partial charge in [0.15, 0.2) is 0 Å². The Morgan fingerprint density at radius 3 is 2.73 bits per heavy atom. The second kappa shape index (κ2) is 7.06. The van der Waals surface area contributed by atoms with Gasteiger partial charge in [0.25, 0.3) is 5.91 Å². The molecule has 0 aromatic carbocycles. The summed E-state index contributed by atoms with van der Waals surface area (Å²) in [5, 5.41) is 6.84. The van der Waals surface area contributed by atoms with Gasteiger partial charge in [0.1, 0.15) is 5.82 Å². The van der Waals surface area contributed by atoms with Crippen molar-refractivity contribution in [1.29, 1.82) is 0 Å². The smallest absolute Gasteiger partial charge is 0.255 e. The Balaban J connectivity index is 2.09. The van der Waals surface area contributed by atoms with Crippen LogP contribution in [0.15, 0.2) is 18.3 Å². The van der Waals surface area contributed by atoms with Crippen LogP contribution in [0.2, 0.25) is 0 Å². The monoisotopic (exact) mass is 326 g/mol. The number of nitrogens with one attached hydrogen (secondary N) is 1. The van der Waals surface area contributed by atoms with Crippen molar-refractivity contribution in [3.63, 3.8) is 0 Å². The molecule has 1 fully saturated rings. The second-order valence-corrected chi connectivity index (χ2v) is 7.51. The zero-order valence-electron chi connectivity index (χ0n) is 12.7. The molecule has 1 atom stereocenters. The number of sulfonamides is 1. The van der Waals surface area contributed by atoms with Crippen molar-refractivity contribution in [2.45, 2.75) is 31.4 Å². The van der Waals surface area contributed by atoms with E-state index in [1.54, 1.807) is 18.3 Å². The molecule has 1 unspecified atom stereocenters. The number of carbonyl (C=O) groups is 1. The van der Waals surface area contributed by atoms with Gasteiger partial charge in [0.05, 0.1) is 10.8 Å². The maximum atomic E-state index is 12.3. The summed E-state index contributed by atoms with van der Waals surface area (Å²) >= 11 is 0. The Labute approximate surface area is 131 Å². The van der Waals surface area contributed by atoms with Crippen LogP contribution in [-0.2, 0) is 10.0 Å². The van der Waals surface area contributed by atoms with E-state index in [0.717, 1.165) is 25.9 Å². The topological polar surface area (TPSA) is 105 Å². The molecule has 8 heteroatoms. The number of hydrogen-bond donors (Lipinski definition) is 2. The SMILES string of the molecule is CC(CNC(=O)c1cccnc1N1CCCCC1)S(N)(=O)=O. The average Bonchev–Trinajstić information content (AvgIpc) is 2.52. The molecular weight excluding hydrogens is 304 g/mol. The van der Waals surface area contributed by atoms with Crippen LogP contribution in [0.3, 0.4) is 0 Å². The lowest BCUT2D eigenvalue weighted by Gasteiger charge is -2.29. The number of aromatic nitrogens is 1. The van der Waals surface area contributed by atoms with Crippen LogP contribution in [0.25, 0.3) is 0 Å². The van der Waals surface area contributed by atoms with Crippen LogP contribution in [0, 0.1) is 0 Å². The highest BCUT2D eigenvalue weighted by Gasteiger charge is 2.21. The van der Waals surface area contributed by atoms with Gasteiger partial charge in [-0.25, -0.2) is 18.5 Å². The molecule has 0 spiro atoms. The van der Waals surface area contributed by atoms with E-state index in [9.17, 15) is 13.2 Å². The quantitative estimate of drug-likeness (QED) is 0.818. The number of amides is 1. The third kappa shape index (κ3) is 4.17. The normalized spacial score (nSPS) is 17.1. The molecule has 122 valence electrons. The molecule has 0 aliphatic carbocycles. The highest BCUT2D eigenvalue weighted by atomic mass is 32.2. The van der Waals surface area contributed by atoms with E-state index >= 15 is 0 Å². The van der Waals surface area contributed by atoms with E-state index in [1.165, 1.54) is 13.3 Å². The molecule has 1 saturated heterocycles. The Hall–Kier alpha value is -1.67. The van der Waals surface area contributed by atoms with Crippen LogP contribution < -0.4 is 15.4 Å². The molecule has 2 rings (SSSR count). The average molecular weight is 326 g/mol. The molecule has 1 aromatic rings. The Morgan fingerprint density at radius 2 is 2.09 bits per heavy atom.